The first-order valence-electron chi connectivity index (χ1n) is 7.63. The van der Waals surface area contributed by atoms with Gasteiger partial charge in [-0.2, -0.15) is 18.3 Å². The normalized spacial score (nSPS) is 11.5. The van der Waals surface area contributed by atoms with Crippen LogP contribution >= 0.6 is 11.6 Å². The highest BCUT2D eigenvalue weighted by Crippen LogP contribution is 2.33. The second-order valence-corrected chi connectivity index (χ2v) is 6.16. The number of aromatic nitrogens is 2. The molecule has 1 N–H and O–H groups in total. The number of hydrogen-bond donors (Lipinski definition) is 1. The van der Waals surface area contributed by atoms with Gasteiger partial charge in [-0.15, -0.1) is 0 Å². The molecule has 0 fully saturated rings. The molecule has 0 saturated heterocycles. The van der Waals surface area contributed by atoms with Crippen molar-refractivity contribution in [1.82, 2.24) is 9.78 Å². The third-order valence-corrected chi connectivity index (χ3v) is 3.91. The summed E-state index contributed by atoms with van der Waals surface area (Å²) in [4.78, 5) is 12.4. The lowest BCUT2D eigenvalue weighted by molar-refractivity contribution is -0.141. The molecule has 0 unspecified atom stereocenters. The second-order valence-electron chi connectivity index (χ2n) is 5.72. The molecule has 0 saturated carbocycles. The molecule has 140 valence electrons. The molecule has 27 heavy (non-hydrogen) atoms. The first kappa shape index (κ1) is 18.9. The Labute approximate surface area is 156 Å². The summed E-state index contributed by atoms with van der Waals surface area (Å²) in [7, 11) is 1.29. The standard InChI is InChI=1S/C18H12ClF4N3O/c1-26-9-14(16(25-26)18(21,22)23)17(27)24-15-5-3-2-4-13(15)10-6-11(19)8-12(20)7-10/h2-9H,1H3,(H,24,27). The van der Waals surface area contributed by atoms with Crippen molar-refractivity contribution in [2.24, 2.45) is 7.05 Å². The number of nitrogens with zero attached hydrogens (tertiary/aromatic N) is 2. The van der Waals surface area contributed by atoms with E-state index in [1.807, 2.05) is 0 Å². The van der Waals surface area contributed by atoms with Gasteiger partial charge < -0.3 is 5.32 Å². The van der Waals surface area contributed by atoms with Gasteiger partial charge >= 0.3 is 6.18 Å². The quantitative estimate of drug-likeness (QED) is 0.621. The van der Waals surface area contributed by atoms with E-state index in [1.165, 1.54) is 25.2 Å². The molecule has 3 aromatic rings. The number of nitrogens with one attached hydrogen (secondary N) is 1. The van der Waals surface area contributed by atoms with Gasteiger partial charge in [0.1, 0.15) is 5.82 Å². The molecule has 0 aliphatic heterocycles. The number of aryl methyl sites for hydroxylation is 1. The number of para-hydroxylation sites is 1. The van der Waals surface area contributed by atoms with Crippen LogP contribution in [-0.2, 0) is 13.2 Å². The number of hydrogen-bond acceptors (Lipinski definition) is 2. The van der Waals surface area contributed by atoms with Gasteiger partial charge in [0.05, 0.1) is 5.56 Å². The average molecular weight is 398 g/mol. The van der Waals surface area contributed by atoms with Crippen LogP contribution in [0.25, 0.3) is 11.1 Å². The van der Waals surface area contributed by atoms with Crippen LogP contribution in [0.3, 0.4) is 0 Å². The van der Waals surface area contributed by atoms with Crippen molar-refractivity contribution in [3.8, 4) is 11.1 Å². The van der Waals surface area contributed by atoms with Gasteiger partial charge in [-0.25, -0.2) is 4.39 Å². The molecule has 0 atom stereocenters. The van der Waals surface area contributed by atoms with E-state index in [0.717, 1.165) is 16.9 Å². The Morgan fingerprint density at radius 3 is 2.56 bits per heavy atom. The molecule has 0 radical (unpaired) electrons. The van der Waals surface area contributed by atoms with Gasteiger partial charge in [0.25, 0.3) is 5.91 Å². The lowest BCUT2D eigenvalue weighted by Gasteiger charge is -2.12. The zero-order chi connectivity index (χ0) is 19.8. The largest absolute Gasteiger partial charge is 0.435 e. The fraction of sp³-hybridized carbons (Fsp3) is 0.111. The number of alkyl halides is 3. The molecule has 0 bridgehead atoms. The van der Waals surface area contributed by atoms with Crippen molar-refractivity contribution >= 4 is 23.2 Å². The highest BCUT2D eigenvalue weighted by Gasteiger charge is 2.39. The van der Waals surface area contributed by atoms with Crippen LogP contribution < -0.4 is 5.32 Å². The maximum absolute atomic E-state index is 13.7. The fourth-order valence-electron chi connectivity index (χ4n) is 2.61. The van der Waals surface area contributed by atoms with E-state index in [2.05, 4.69) is 10.4 Å². The van der Waals surface area contributed by atoms with Crippen LogP contribution in [0.5, 0.6) is 0 Å². The van der Waals surface area contributed by atoms with E-state index in [1.54, 1.807) is 18.2 Å². The predicted octanol–water partition coefficient (Wildman–Crippen LogP) is 5.15. The van der Waals surface area contributed by atoms with Gasteiger partial charge in [-0.3, -0.25) is 9.48 Å². The molecule has 9 heteroatoms. The number of carbonyl (C=O) groups excluding carboxylic acids is 1. The fourth-order valence-corrected chi connectivity index (χ4v) is 2.83. The Hall–Kier alpha value is -2.87. The monoisotopic (exact) mass is 397 g/mol. The van der Waals surface area contributed by atoms with Crippen molar-refractivity contribution in [2.45, 2.75) is 6.18 Å². The minimum atomic E-state index is -4.77. The van der Waals surface area contributed by atoms with Crippen LogP contribution in [0.4, 0.5) is 23.2 Å². The van der Waals surface area contributed by atoms with Gasteiger partial charge in [-0.05, 0) is 29.8 Å². The van der Waals surface area contributed by atoms with Crippen LogP contribution in [0, 0.1) is 5.82 Å². The maximum Gasteiger partial charge on any atom is 0.435 e. The Morgan fingerprint density at radius 1 is 1.19 bits per heavy atom. The molecule has 0 aliphatic carbocycles. The highest BCUT2D eigenvalue weighted by atomic mass is 35.5. The summed E-state index contributed by atoms with van der Waals surface area (Å²) < 4.78 is 53.8. The molecule has 1 aromatic heterocycles. The summed E-state index contributed by atoms with van der Waals surface area (Å²) in [6, 6.07) is 10.1. The van der Waals surface area contributed by atoms with E-state index >= 15 is 0 Å². The van der Waals surface area contributed by atoms with E-state index in [0.29, 0.717) is 11.1 Å². The maximum atomic E-state index is 13.7. The Kier molecular flexibility index (Phi) is 4.93. The van der Waals surface area contributed by atoms with Crippen LogP contribution in [-0.4, -0.2) is 15.7 Å². The van der Waals surface area contributed by atoms with E-state index in [9.17, 15) is 22.4 Å². The van der Waals surface area contributed by atoms with E-state index < -0.39 is 29.2 Å². The third-order valence-electron chi connectivity index (χ3n) is 3.69. The number of amides is 1. The van der Waals surface area contributed by atoms with Crippen molar-refractivity contribution < 1.29 is 22.4 Å². The van der Waals surface area contributed by atoms with Crippen LogP contribution in [0.2, 0.25) is 5.02 Å². The van der Waals surface area contributed by atoms with Gasteiger partial charge in [0, 0.05) is 29.5 Å². The lowest BCUT2D eigenvalue weighted by Crippen LogP contribution is -2.18. The highest BCUT2D eigenvalue weighted by molar-refractivity contribution is 6.30. The zero-order valence-electron chi connectivity index (χ0n) is 13.8. The number of anilines is 1. The number of carbonyl (C=O) groups is 1. The number of rotatable bonds is 3. The summed E-state index contributed by atoms with van der Waals surface area (Å²) in [6.45, 7) is 0. The SMILES string of the molecule is Cn1cc(C(=O)Nc2ccccc2-c2cc(F)cc(Cl)c2)c(C(F)(F)F)n1. The Morgan fingerprint density at radius 2 is 1.89 bits per heavy atom. The number of benzene rings is 2. The first-order chi connectivity index (χ1) is 12.6. The molecular weight excluding hydrogens is 386 g/mol. The smallest absolute Gasteiger partial charge is 0.321 e. The zero-order valence-corrected chi connectivity index (χ0v) is 14.6. The summed E-state index contributed by atoms with van der Waals surface area (Å²) in [5.74, 6) is -1.56. The molecule has 4 nitrogen and oxygen atoms in total. The Bertz CT molecular complexity index is 994. The van der Waals surface area contributed by atoms with Gasteiger partial charge in [0.15, 0.2) is 5.69 Å². The first-order valence-corrected chi connectivity index (χ1v) is 8.00. The van der Waals surface area contributed by atoms with Crippen LogP contribution in [0.15, 0.2) is 48.7 Å². The lowest BCUT2D eigenvalue weighted by atomic mass is 10.0. The molecule has 2 aromatic carbocycles. The minimum Gasteiger partial charge on any atom is -0.321 e. The summed E-state index contributed by atoms with van der Waals surface area (Å²) in [5, 5.41) is 5.90. The molecular formula is C18H12ClF4N3O. The predicted molar refractivity (Wildman–Crippen MR) is 93.0 cm³/mol. The van der Waals surface area contributed by atoms with Crippen molar-refractivity contribution in [3.05, 3.63) is 70.8 Å². The molecule has 3 rings (SSSR count). The summed E-state index contributed by atoms with van der Waals surface area (Å²) in [5.41, 5.74) is -0.908. The average Bonchev–Trinajstić information content (AvgIpc) is 2.97. The summed E-state index contributed by atoms with van der Waals surface area (Å²) >= 11 is 5.86. The summed E-state index contributed by atoms with van der Waals surface area (Å²) in [6.07, 6.45) is -3.79. The van der Waals surface area contributed by atoms with E-state index in [-0.39, 0.29) is 10.7 Å². The Balaban J connectivity index is 1.99. The molecule has 1 heterocycles. The van der Waals surface area contributed by atoms with Crippen molar-refractivity contribution in [3.63, 3.8) is 0 Å². The second kappa shape index (κ2) is 7.03. The van der Waals surface area contributed by atoms with Gasteiger partial charge in [-0.1, -0.05) is 29.8 Å². The topological polar surface area (TPSA) is 46.9 Å². The van der Waals surface area contributed by atoms with Gasteiger partial charge in [0.2, 0.25) is 0 Å². The van der Waals surface area contributed by atoms with Crippen molar-refractivity contribution in [1.29, 1.82) is 0 Å². The number of halogens is 5. The molecule has 0 aliphatic rings. The van der Waals surface area contributed by atoms with Crippen molar-refractivity contribution in [2.75, 3.05) is 5.32 Å². The minimum absolute atomic E-state index is 0.151. The third kappa shape index (κ3) is 4.11. The van der Waals surface area contributed by atoms with Crippen LogP contribution in [0.1, 0.15) is 16.1 Å². The van der Waals surface area contributed by atoms with E-state index in [4.69, 9.17) is 11.6 Å². The molecule has 1 amide bonds. The molecule has 0 spiro atoms.